The van der Waals surface area contributed by atoms with Gasteiger partial charge in [0.15, 0.2) is 0 Å². The molecule has 0 atom stereocenters. The Bertz CT molecular complexity index is 6880. The van der Waals surface area contributed by atoms with Gasteiger partial charge >= 0.3 is 0 Å². The highest BCUT2D eigenvalue weighted by Gasteiger charge is 2.35. The van der Waals surface area contributed by atoms with E-state index in [1.54, 1.807) is 22.7 Å². The van der Waals surface area contributed by atoms with Crippen LogP contribution < -0.4 is 0 Å². The van der Waals surface area contributed by atoms with E-state index >= 15 is 0 Å². The monoisotopic (exact) mass is 1230 g/mol. The molecule has 22 aromatic rings. The Morgan fingerprint density at radius 3 is 0.947 bits per heavy atom. The molecule has 0 aliphatic heterocycles. The van der Waals surface area contributed by atoms with Crippen molar-refractivity contribution in [3.8, 4) is 45.4 Å². The molecule has 0 aliphatic carbocycles. The number of rotatable bonds is 5. The molecule has 94 heavy (non-hydrogen) atoms. The molecule has 8 heterocycles. The molecule has 22 rings (SSSR count). The van der Waals surface area contributed by atoms with E-state index in [0.29, 0.717) is 5.56 Å². The standard InChI is InChI=1S/C85H44N4O3S2/c86-45-64-83(87-65-25-9-1-17-48(65)58-39-61-51-20-4-12-28-71(51)90-74(61)42-68(58)87)81(46-33-35-56-54-23-7-15-31-77(54)93-79(56)37-46)85(89-67-27-11-3-19-50(67)60-41-63-53-22-6-14-30-73(53)92-76(63)44-70(60)89)82(47-34-36-57-55-24-8-16-32-78(55)94-80(57)38-47)84(64)88-66-26-10-2-18-49(66)59-40-62-52-21-5-13-29-72(52)91-75(62)43-69(59)88/h1-44H. The molecule has 0 N–H and O–H groups in total. The van der Waals surface area contributed by atoms with Crippen molar-refractivity contribution in [2.45, 2.75) is 0 Å². The lowest BCUT2D eigenvalue weighted by molar-refractivity contribution is 0.669. The van der Waals surface area contributed by atoms with Crippen molar-refractivity contribution in [3.63, 3.8) is 0 Å². The summed E-state index contributed by atoms with van der Waals surface area (Å²) in [6, 6.07) is 99.4. The largest absolute Gasteiger partial charge is 0.456 e. The summed E-state index contributed by atoms with van der Waals surface area (Å²) in [5.74, 6) is 0. The fourth-order valence-electron chi connectivity index (χ4n) is 16.1. The van der Waals surface area contributed by atoms with Crippen LogP contribution in [0.3, 0.4) is 0 Å². The van der Waals surface area contributed by atoms with Gasteiger partial charge in [0, 0.05) is 134 Å². The third kappa shape index (κ3) is 6.71. The van der Waals surface area contributed by atoms with E-state index in [9.17, 15) is 5.26 Å². The molecule has 0 aliphatic rings. The second kappa shape index (κ2) is 18.5. The lowest BCUT2D eigenvalue weighted by atomic mass is 9.87. The van der Waals surface area contributed by atoms with E-state index in [1.165, 1.54) is 30.9 Å². The van der Waals surface area contributed by atoms with Crippen LogP contribution in [0.1, 0.15) is 5.56 Å². The number of nitrogens with zero attached hydrogens (tertiary/aromatic N) is 4. The summed E-state index contributed by atoms with van der Waals surface area (Å²) < 4.78 is 32.8. The predicted molar refractivity (Wildman–Crippen MR) is 393 cm³/mol. The van der Waals surface area contributed by atoms with Crippen LogP contribution in [-0.4, -0.2) is 13.7 Å². The van der Waals surface area contributed by atoms with E-state index in [2.05, 4.69) is 256 Å². The lowest BCUT2D eigenvalue weighted by Crippen LogP contribution is -2.13. The van der Waals surface area contributed by atoms with Crippen LogP contribution >= 0.6 is 22.7 Å². The molecule has 0 saturated carbocycles. The van der Waals surface area contributed by atoms with Crippen molar-refractivity contribution < 1.29 is 13.3 Å². The highest BCUT2D eigenvalue weighted by molar-refractivity contribution is 7.26. The first-order valence-corrected chi connectivity index (χ1v) is 33.2. The fourth-order valence-corrected chi connectivity index (χ4v) is 18.4. The topological polar surface area (TPSA) is 78.0 Å². The highest BCUT2D eigenvalue weighted by Crippen LogP contribution is 2.55. The lowest BCUT2D eigenvalue weighted by Gasteiger charge is -2.28. The van der Waals surface area contributed by atoms with Gasteiger partial charge in [0.2, 0.25) is 0 Å². The summed E-state index contributed by atoms with van der Waals surface area (Å²) in [5, 5.41) is 30.7. The smallest absolute Gasteiger partial charge is 0.137 e. The number of hydrogen-bond acceptors (Lipinski definition) is 6. The second-order valence-corrected chi connectivity index (χ2v) is 27.0. The van der Waals surface area contributed by atoms with Crippen LogP contribution in [0.4, 0.5) is 0 Å². The molecule has 9 heteroatoms. The van der Waals surface area contributed by atoms with Gasteiger partial charge in [-0.15, -0.1) is 22.7 Å². The molecule has 434 valence electrons. The molecule has 0 unspecified atom stereocenters. The van der Waals surface area contributed by atoms with Crippen molar-refractivity contribution in [1.29, 1.82) is 5.26 Å². The first-order chi connectivity index (χ1) is 46.6. The summed E-state index contributed by atoms with van der Waals surface area (Å²) in [5.41, 5.74) is 16.9. The van der Waals surface area contributed by atoms with Crippen molar-refractivity contribution in [2.75, 3.05) is 0 Å². The van der Waals surface area contributed by atoms with Gasteiger partial charge in [0.25, 0.3) is 0 Å². The number of benzene rings is 14. The molecule has 0 saturated heterocycles. The maximum atomic E-state index is 13.3. The van der Waals surface area contributed by atoms with Crippen molar-refractivity contribution in [2.24, 2.45) is 0 Å². The minimum atomic E-state index is 0.488. The Balaban J connectivity index is 1.03. The SMILES string of the molecule is N#Cc1c(-n2c3ccccc3c3cc4c(cc32)oc2ccccc24)c(-c2ccc3c(c2)sc2ccccc23)c(-n2c3ccccc3c3cc4c(cc32)oc2ccccc24)c(-c2ccc3c(c2)sc2ccccc23)c1-n1c2ccccc2c2cc3c(cc21)oc1ccccc13. The summed E-state index contributed by atoms with van der Waals surface area (Å²) in [4.78, 5) is 0. The Labute approximate surface area is 540 Å². The third-order valence-electron chi connectivity index (χ3n) is 20.1. The van der Waals surface area contributed by atoms with Crippen LogP contribution in [0.25, 0.3) is 211 Å². The van der Waals surface area contributed by atoms with Gasteiger partial charge in [0.1, 0.15) is 45.1 Å². The molecule has 0 amide bonds. The second-order valence-electron chi connectivity index (χ2n) is 24.8. The average Bonchev–Trinajstić information content (AvgIpc) is 1.46. The maximum Gasteiger partial charge on any atom is 0.137 e. The van der Waals surface area contributed by atoms with Gasteiger partial charge in [-0.2, -0.15) is 5.26 Å². The number of para-hydroxylation sites is 6. The van der Waals surface area contributed by atoms with Crippen LogP contribution in [0.15, 0.2) is 280 Å². The van der Waals surface area contributed by atoms with Crippen LogP contribution in [0.5, 0.6) is 0 Å². The normalized spacial score (nSPS) is 12.5. The zero-order chi connectivity index (χ0) is 61.2. The molecule has 0 spiro atoms. The Morgan fingerprint density at radius 2 is 0.564 bits per heavy atom. The van der Waals surface area contributed by atoms with Crippen molar-refractivity contribution in [1.82, 2.24) is 13.7 Å². The van der Waals surface area contributed by atoms with Crippen molar-refractivity contribution in [3.05, 3.63) is 272 Å². The molecular formula is C85H44N4O3S2. The number of hydrogen-bond donors (Lipinski definition) is 0. The van der Waals surface area contributed by atoms with Gasteiger partial charge in [-0.25, -0.2) is 0 Å². The van der Waals surface area contributed by atoms with E-state index in [1.807, 2.05) is 30.3 Å². The van der Waals surface area contributed by atoms with Crippen molar-refractivity contribution >= 4 is 194 Å². The summed E-state index contributed by atoms with van der Waals surface area (Å²) in [6.07, 6.45) is 0. The fraction of sp³-hybridized carbons (Fsp3) is 0. The summed E-state index contributed by atoms with van der Waals surface area (Å²) in [6.45, 7) is 0. The van der Waals surface area contributed by atoms with E-state index in [4.69, 9.17) is 13.3 Å². The quantitative estimate of drug-likeness (QED) is 0.172. The molecule has 0 bridgehead atoms. The maximum absolute atomic E-state index is 13.3. The Morgan fingerprint density at radius 1 is 0.245 bits per heavy atom. The third-order valence-corrected chi connectivity index (χ3v) is 22.3. The van der Waals surface area contributed by atoms with Crippen LogP contribution in [-0.2, 0) is 0 Å². The average molecular weight is 1230 g/mol. The van der Waals surface area contributed by atoms with Gasteiger partial charge in [0.05, 0.1) is 50.2 Å². The summed E-state index contributed by atoms with van der Waals surface area (Å²) >= 11 is 3.60. The van der Waals surface area contributed by atoms with Crippen LogP contribution in [0, 0.1) is 11.3 Å². The minimum absolute atomic E-state index is 0.488. The van der Waals surface area contributed by atoms with E-state index < -0.39 is 0 Å². The molecule has 14 aromatic carbocycles. The first-order valence-electron chi connectivity index (χ1n) is 31.6. The predicted octanol–water partition coefficient (Wildman–Crippen LogP) is 24.6. The van der Waals surface area contributed by atoms with Gasteiger partial charge in [-0.05, 0) is 90.0 Å². The Kier molecular flexibility index (Phi) is 9.95. The zero-order valence-electron chi connectivity index (χ0n) is 49.7. The number of furan rings is 3. The molecule has 7 nitrogen and oxygen atoms in total. The molecule has 0 fully saturated rings. The van der Waals surface area contributed by atoms with E-state index in [0.717, 1.165) is 180 Å². The van der Waals surface area contributed by atoms with Crippen LogP contribution in [0.2, 0.25) is 0 Å². The first kappa shape index (κ1) is 50.5. The number of nitriles is 1. The van der Waals surface area contributed by atoms with E-state index in [-0.39, 0.29) is 0 Å². The molecular weight excluding hydrogens is 1190 g/mol. The van der Waals surface area contributed by atoms with Gasteiger partial charge < -0.3 is 27.0 Å². The van der Waals surface area contributed by atoms with Gasteiger partial charge in [-0.1, -0.05) is 170 Å². The molecule has 8 aromatic heterocycles. The Hall–Kier alpha value is -12.2. The van der Waals surface area contributed by atoms with Gasteiger partial charge in [-0.3, -0.25) is 0 Å². The molecule has 0 radical (unpaired) electrons. The number of fused-ring (bicyclic) bond motifs is 24. The minimum Gasteiger partial charge on any atom is -0.456 e. The zero-order valence-corrected chi connectivity index (χ0v) is 51.4. The highest BCUT2D eigenvalue weighted by atomic mass is 32.1. The number of thiophene rings is 2. The number of aromatic nitrogens is 3. The summed E-state index contributed by atoms with van der Waals surface area (Å²) in [7, 11) is 0.